The van der Waals surface area contributed by atoms with E-state index in [0.717, 1.165) is 16.7 Å². The molecule has 4 nitrogen and oxygen atoms in total. The second-order valence-electron chi connectivity index (χ2n) is 6.21. The van der Waals surface area contributed by atoms with Crippen molar-refractivity contribution in [2.75, 3.05) is 7.05 Å². The second kappa shape index (κ2) is 9.02. The molecule has 0 aromatic heterocycles. The van der Waals surface area contributed by atoms with E-state index in [1.165, 1.54) is 0 Å². The van der Waals surface area contributed by atoms with Crippen molar-refractivity contribution in [3.8, 4) is 0 Å². The summed E-state index contributed by atoms with van der Waals surface area (Å²) in [5, 5.41) is 2.68. The largest absolute Gasteiger partial charge is 0.357 e. The fourth-order valence-electron chi connectivity index (χ4n) is 2.96. The van der Waals surface area contributed by atoms with Crippen LogP contribution in [-0.2, 0) is 22.6 Å². The van der Waals surface area contributed by atoms with Crippen LogP contribution in [0.1, 0.15) is 30.0 Å². The molecular weight excluding hydrogens is 312 g/mol. The summed E-state index contributed by atoms with van der Waals surface area (Å²) in [6.07, 6.45) is 0.869. The van der Waals surface area contributed by atoms with Gasteiger partial charge in [0.25, 0.3) is 0 Å². The van der Waals surface area contributed by atoms with Gasteiger partial charge in [-0.05, 0) is 24.5 Å². The molecule has 0 spiro atoms. The van der Waals surface area contributed by atoms with Gasteiger partial charge >= 0.3 is 0 Å². The molecule has 4 heteroatoms. The predicted molar refractivity (Wildman–Crippen MR) is 100 cm³/mol. The zero-order valence-electron chi connectivity index (χ0n) is 15.2. The van der Waals surface area contributed by atoms with Gasteiger partial charge in [-0.2, -0.15) is 0 Å². The molecule has 0 fully saturated rings. The maximum atomic E-state index is 13.0. The number of benzene rings is 2. The van der Waals surface area contributed by atoms with Crippen LogP contribution in [0.25, 0.3) is 0 Å². The van der Waals surface area contributed by atoms with Crippen molar-refractivity contribution in [1.29, 1.82) is 0 Å². The van der Waals surface area contributed by atoms with Gasteiger partial charge < -0.3 is 10.2 Å². The van der Waals surface area contributed by atoms with Crippen LogP contribution >= 0.6 is 0 Å². The van der Waals surface area contributed by atoms with Crippen LogP contribution < -0.4 is 5.32 Å². The first-order valence-corrected chi connectivity index (χ1v) is 8.65. The molecule has 2 rings (SSSR count). The Kier molecular flexibility index (Phi) is 6.75. The summed E-state index contributed by atoms with van der Waals surface area (Å²) in [7, 11) is 1.61. The lowest BCUT2D eigenvalue weighted by atomic mass is 10.1. The highest BCUT2D eigenvalue weighted by molar-refractivity contribution is 5.88. The van der Waals surface area contributed by atoms with Gasteiger partial charge in [0.05, 0.1) is 6.42 Å². The highest BCUT2D eigenvalue weighted by Gasteiger charge is 2.27. The van der Waals surface area contributed by atoms with Crippen LogP contribution in [0.3, 0.4) is 0 Å². The van der Waals surface area contributed by atoms with Gasteiger partial charge in [0.1, 0.15) is 6.04 Å². The Morgan fingerprint density at radius 3 is 2.32 bits per heavy atom. The molecule has 0 aliphatic carbocycles. The van der Waals surface area contributed by atoms with Gasteiger partial charge in [-0.25, -0.2) is 0 Å². The maximum Gasteiger partial charge on any atom is 0.242 e. The van der Waals surface area contributed by atoms with Gasteiger partial charge in [-0.3, -0.25) is 9.59 Å². The Morgan fingerprint density at radius 2 is 1.72 bits per heavy atom. The Morgan fingerprint density at radius 1 is 1.04 bits per heavy atom. The average Bonchev–Trinajstić information content (AvgIpc) is 2.62. The molecule has 0 heterocycles. The lowest BCUT2D eigenvalue weighted by Gasteiger charge is -2.30. The summed E-state index contributed by atoms with van der Waals surface area (Å²) < 4.78 is 0. The molecule has 2 amide bonds. The molecule has 0 radical (unpaired) electrons. The fraction of sp³-hybridized carbons (Fsp3) is 0.333. The number of amides is 2. The minimum absolute atomic E-state index is 0.0371. The Labute approximate surface area is 149 Å². The van der Waals surface area contributed by atoms with E-state index in [9.17, 15) is 9.59 Å². The third-order valence-electron chi connectivity index (χ3n) is 4.27. The molecule has 132 valence electrons. The Hall–Kier alpha value is -2.62. The average molecular weight is 338 g/mol. The quantitative estimate of drug-likeness (QED) is 0.843. The van der Waals surface area contributed by atoms with E-state index in [1.54, 1.807) is 11.9 Å². The topological polar surface area (TPSA) is 49.4 Å². The SMILES string of the molecule is CC[C@@H](C(=O)NC)N(Cc1ccccc1)C(=O)Cc1cccc(C)c1. The number of aryl methyl sites for hydroxylation is 1. The van der Waals surface area contributed by atoms with Gasteiger partial charge in [0.2, 0.25) is 11.8 Å². The third-order valence-corrected chi connectivity index (χ3v) is 4.27. The number of rotatable bonds is 7. The number of carbonyl (C=O) groups is 2. The van der Waals surface area contributed by atoms with Crippen LogP contribution in [0, 0.1) is 6.92 Å². The first kappa shape index (κ1) is 18.7. The molecule has 25 heavy (non-hydrogen) atoms. The molecule has 0 bridgehead atoms. The molecule has 0 aliphatic heterocycles. The van der Waals surface area contributed by atoms with Gasteiger partial charge in [-0.15, -0.1) is 0 Å². The van der Waals surface area contributed by atoms with Crippen molar-refractivity contribution >= 4 is 11.8 Å². The van der Waals surface area contributed by atoms with Gasteiger partial charge in [-0.1, -0.05) is 67.1 Å². The molecule has 0 unspecified atom stereocenters. The third kappa shape index (κ3) is 5.18. The Bertz CT molecular complexity index is 713. The second-order valence-corrected chi connectivity index (χ2v) is 6.21. The zero-order valence-corrected chi connectivity index (χ0v) is 15.2. The molecule has 0 saturated heterocycles. The van der Waals surface area contributed by atoms with E-state index < -0.39 is 6.04 Å². The lowest BCUT2D eigenvalue weighted by Crippen LogP contribution is -2.48. The van der Waals surface area contributed by atoms with Gasteiger partial charge in [0, 0.05) is 13.6 Å². The van der Waals surface area contributed by atoms with Gasteiger partial charge in [0.15, 0.2) is 0 Å². The molecular formula is C21H26N2O2. The number of hydrogen-bond acceptors (Lipinski definition) is 2. The highest BCUT2D eigenvalue weighted by atomic mass is 16.2. The molecule has 1 N–H and O–H groups in total. The first-order chi connectivity index (χ1) is 12.0. The van der Waals surface area contributed by atoms with Crippen molar-refractivity contribution in [2.45, 2.75) is 39.3 Å². The molecule has 2 aromatic carbocycles. The number of nitrogens with one attached hydrogen (secondary N) is 1. The normalized spacial score (nSPS) is 11.6. The Balaban J connectivity index is 2.25. The standard InChI is InChI=1S/C21H26N2O2/c1-4-19(21(25)22-3)23(15-17-10-6-5-7-11-17)20(24)14-18-12-8-9-16(2)13-18/h5-13,19H,4,14-15H2,1-3H3,(H,22,25)/t19-/m0/s1. The van der Waals surface area contributed by atoms with Crippen molar-refractivity contribution in [2.24, 2.45) is 0 Å². The number of hydrogen-bond donors (Lipinski definition) is 1. The summed E-state index contributed by atoms with van der Waals surface area (Å²) in [4.78, 5) is 27.0. The summed E-state index contributed by atoms with van der Waals surface area (Å²) in [6, 6.07) is 17.2. The lowest BCUT2D eigenvalue weighted by molar-refractivity contribution is -0.140. The van der Waals surface area contributed by atoms with Crippen molar-refractivity contribution in [3.05, 3.63) is 71.3 Å². The van der Waals surface area contributed by atoms with E-state index in [2.05, 4.69) is 5.32 Å². The number of likely N-dealkylation sites (N-methyl/N-ethyl adjacent to an activating group) is 1. The summed E-state index contributed by atoms with van der Waals surface area (Å²) in [5.41, 5.74) is 3.11. The predicted octanol–water partition coefficient (Wildman–Crippen LogP) is 3.09. The highest BCUT2D eigenvalue weighted by Crippen LogP contribution is 2.15. The van der Waals surface area contributed by atoms with Crippen LogP contribution in [0.2, 0.25) is 0 Å². The van der Waals surface area contributed by atoms with Crippen LogP contribution in [0.15, 0.2) is 54.6 Å². The van der Waals surface area contributed by atoms with Crippen LogP contribution in [-0.4, -0.2) is 29.8 Å². The number of carbonyl (C=O) groups excluding carboxylic acids is 2. The van der Waals surface area contributed by atoms with E-state index in [1.807, 2.05) is 68.4 Å². The molecule has 0 aliphatic rings. The first-order valence-electron chi connectivity index (χ1n) is 8.65. The van der Waals surface area contributed by atoms with E-state index in [4.69, 9.17) is 0 Å². The smallest absolute Gasteiger partial charge is 0.242 e. The van der Waals surface area contributed by atoms with Crippen molar-refractivity contribution < 1.29 is 9.59 Å². The van der Waals surface area contributed by atoms with E-state index >= 15 is 0 Å². The van der Waals surface area contributed by atoms with Crippen LogP contribution in [0.4, 0.5) is 0 Å². The number of nitrogens with zero attached hydrogens (tertiary/aromatic N) is 1. The zero-order chi connectivity index (χ0) is 18.2. The fourth-order valence-corrected chi connectivity index (χ4v) is 2.96. The summed E-state index contributed by atoms with van der Waals surface area (Å²) >= 11 is 0. The molecule has 1 atom stereocenters. The van der Waals surface area contributed by atoms with Crippen molar-refractivity contribution in [3.63, 3.8) is 0 Å². The van der Waals surface area contributed by atoms with E-state index in [0.29, 0.717) is 19.4 Å². The van der Waals surface area contributed by atoms with Crippen molar-refractivity contribution in [1.82, 2.24) is 10.2 Å². The molecule has 0 saturated carbocycles. The summed E-state index contributed by atoms with van der Waals surface area (Å²) in [6.45, 7) is 4.37. The minimum Gasteiger partial charge on any atom is -0.357 e. The molecule has 2 aromatic rings. The summed E-state index contributed by atoms with van der Waals surface area (Å²) in [5.74, 6) is -0.166. The maximum absolute atomic E-state index is 13.0. The van der Waals surface area contributed by atoms with Crippen LogP contribution in [0.5, 0.6) is 0 Å². The minimum atomic E-state index is -0.470. The monoisotopic (exact) mass is 338 g/mol. The van der Waals surface area contributed by atoms with E-state index in [-0.39, 0.29) is 11.8 Å².